The van der Waals surface area contributed by atoms with E-state index in [0.29, 0.717) is 15.6 Å². The van der Waals surface area contributed by atoms with Crippen molar-refractivity contribution in [3.63, 3.8) is 0 Å². The van der Waals surface area contributed by atoms with E-state index in [1.807, 2.05) is 13.8 Å². The zero-order chi connectivity index (χ0) is 18.7. The molecular weight excluding hydrogens is 358 g/mol. The second-order valence-electron chi connectivity index (χ2n) is 6.77. The first-order chi connectivity index (χ1) is 12.2. The monoisotopic (exact) mass is 375 g/mol. The summed E-state index contributed by atoms with van der Waals surface area (Å²) in [7, 11) is -4.30. The minimum Gasteiger partial charge on any atom is -0.485 e. The van der Waals surface area contributed by atoms with Crippen molar-refractivity contribution in [2.45, 2.75) is 36.6 Å². The van der Waals surface area contributed by atoms with Gasteiger partial charge in [0.1, 0.15) is 23.6 Å². The van der Waals surface area contributed by atoms with Crippen molar-refractivity contribution in [3.8, 4) is 5.75 Å². The molecule has 2 aromatic rings. The Morgan fingerprint density at radius 3 is 2.50 bits per heavy atom. The Morgan fingerprint density at radius 2 is 1.85 bits per heavy atom. The number of ether oxygens (including phenoxy) is 2. The highest BCUT2D eigenvalue weighted by atomic mass is 32.2. The van der Waals surface area contributed by atoms with E-state index in [4.69, 9.17) is 9.47 Å². The molecule has 1 fully saturated rings. The number of carboxylic acid groups (broad SMARTS) is 1. The van der Waals surface area contributed by atoms with Crippen LogP contribution in [0.4, 0.5) is 10.5 Å². The topological polar surface area (TPSA) is 96.4 Å². The molecule has 2 aromatic carbocycles. The van der Waals surface area contributed by atoms with Crippen molar-refractivity contribution in [1.29, 1.82) is 0 Å². The Morgan fingerprint density at radius 1 is 1.15 bits per heavy atom. The Bertz CT molecular complexity index is 986. The molecule has 2 aliphatic rings. The van der Waals surface area contributed by atoms with E-state index in [2.05, 4.69) is 0 Å². The molecule has 0 bridgehead atoms. The molecule has 2 aliphatic heterocycles. The number of amides is 1. The third-order valence-electron chi connectivity index (χ3n) is 4.54. The minimum atomic E-state index is -4.30. The molecule has 0 aromatic heterocycles. The van der Waals surface area contributed by atoms with Gasteiger partial charge >= 0.3 is 6.09 Å². The highest BCUT2D eigenvalue weighted by Crippen LogP contribution is 2.54. The van der Waals surface area contributed by atoms with Crippen LogP contribution < -0.4 is 9.04 Å². The molecule has 7 nitrogen and oxygen atoms in total. The van der Waals surface area contributed by atoms with Crippen LogP contribution in [0.5, 0.6) is 5.75 Å². The summed E-state index contributed by atoms with van der Waals surface area (Å²) in [4.78, 5) is 11.5. The minimum absolute atomic E-state index is 0.0515. The summed E-state index contributed by atoms with van der Waals surface area (Å²) in [6.07, 6.45) is -1.96. The smallest absolute Gasteiger partial charge is 0.426 e. The second-order valence-corrected chi connectivity index (χ2v) is 8.56. The number of anilines is 1. The van der Waals surface area contributed by atoms with E-state index in [-0.39, 0.29) is 22.8 Å². The molecule has 26 heavy (non-hydrogen) atoms. The lowest BCUT2D eigenvalue weighted by atomic mass is 9.94. The molecule has 4 rings (SSSR count). The highest BCUT2D eigenvalue weighted by molar-refractivity contribution is 7.93. The van der Waals surface area contributed by atoms with E-state index < -0.39 is 21.7 Å². The van der Waals surface area contributed by atoms with Crippen molar-refractivity contribution in [1.82, 2.24) is 0 Å². The van der Waals surface area contributed by atoms with E-state index in [9.17, 15) is 18.3 Å². The Hall–Kier alpha value is -2.58. The average Bonchev–Trinajstić information content (AvgIpc) is 3.36. The molecule has 1 N–H and O–H groups in total. The Balaban J connectivity index is 1.78. The Kier molecular flexibility index (Phi) is 3.54. The summed E-state index contributed by atoms with van der Waals surface area (Å²) in [6, 6.07) is 12.0. The molecule has 1 saturated heterocycles. The van der Waals surface area contributed by atoms with Gasteiger partial charge in [-0.1, -0.05) is 18.2 Å². The van der Waals surface area contributed by atoms with Crippen molar-refractivity contribution in [2.75, 3.05) is 4.31 Å². The van der Waals surface area contributed by atoms with Gasteiger partial charge in [-0.05, 0) is 44.2 Å². The van der Waals surface area contributed by atoms with E-state index in [1.54, 1.807) is 24.3 Å². The molecule has 0 aliphatic carbocycles. The average molecular weight is 375 g/mol. The van der Waals surface area contributed by atoms with Crippen molar-refractivity contribution < 1.29 is 27.8 Å². The summed E-state index contributed by atoms with van der Waals surface area (Å²) in [6.45, 7) is 3.82. The number of nitrogens with zero attached hydrogens (tertiary/aromatic N) is 1. The lowest BCUT2D eigenvalue weighted by molar-refractivity contribution is 0.0724. The lowest BCUT2D eigenvalue weighted by Gasteiger charge is -2.30. The van der Waals surface area contributed by atoms with Gasteiger partial charge in [0.05, 0.1) is 10.6 Å². The molecule has 0 spiro atoms. The highest BCUT2D eigenvalue weighted by Gasteiger charge is 2.56. The first-order valence-electron chi connectivity index (χ1n) is 8.03. The fraction of sp³-hybridized carbons (Fsp3) is 0.278. The number of benzene rings is 2. The predicted octanol–water partition coefficient (Wildman–Crippen LogP) is 3.17. The molecule has 136 valence electrons. The van der Waals surface area contributed by atoms with Crippen LogP contribution in [0.3, 0.4) is 0 Å². The van der Waals surface area contributed by atoms with Crippen molar-refractivity contribution >= 4 is 21.8 Å². The molecule has 8 heteroatoms. The van der Waals surface area contributed by atoms with Crippen LogP contribution in [-0.2, 0) is 14.8 Å². The van der Waals surface area contributed by atoms with Gasteiger partial charge in [-0.2, -0.15) is 4.31 Å². The summed E-state index contributed by atoms with van der Waals surface area (Å²) in [5.74, 6) is 0.550. The van der Waals surface area contributed by atoms with Crippen LogP contribution >= 0.6 is 0 Å². The summed E-state index contributed by atoms with van der Waals surface area (Å²) < 4.78 is 37.8. The number of hydrogen-bond acceptors (Lipinski definition) is 5. The van der Waals surface area contributed by atoms with Gasteiger partial charge in [0.2, 0.25) is 0 Å². The summed E-state index contributed by atoms with van der Waals surface area (Å²) in [5.41, 5.74) is 0.180. The zero-order valence-corrected chi connectivity index (χ0v) is 14.9. The molecule has 1 amide bonds. The van der Waals surface area contributed by atoms with Gasteiger partial charge in [-0.3, -0.25) is 0 Å². The molecule has 0 radical (unpaired) electrons. The fourth-order valence-corrected chi connectivity index (χ4v) is 4.57. The van der Waals surface area contributed by atoms with Gasteiger partial charge in [0, 0.05) is 5.56 Å². The van der Waals surface area contributed by atoms with Crippen LogP contribution in [0.15, 0.2) is 53.4 Å². The normalized spacial score (nSPS) is 22.5. The first kappa shape index (κ1) is 16.9. The molecule has 0 saturated carbocycles. The van der Waals surface area contributed by atoms with Crippen LogP contribution in [-0.4, -0.2) is 31.3 Å². The third-order valence-corrected chi connectivity index (χ3v) is 6.24. The van der Waals surface area contributed by atoms with Gasteiger partial charge in [0.15, 0.2) is 0 Å². The standard InChI is InChI=1S/C18H17NO6S/c1-18(2)16-15(24-16)13-10-12(8-9-14(13)25-18)26(22,23)19(17(20)21)11-6-4-3-5-7-11/h3-10,15-16H,1-2H3,(H,20,21). The second kappa shape index (κ2) is 5.46. The maximum atomic E-state index is 13.0. The maximum absolute atomic E-state index is 13.0. The van der Waals surface area contributed by atoms with Crippen molar-refractivity contribution in [2.24, 2.45) is 0 Å². The lowest BCUT2D eigenvalue weighted by Crippen LogP contribution is -2.38. The largest absolute Gasteiger partial charge is 0.485 e. The molecular formula is C18H17NO6S. The number of epoxide rings is 1. The number of hydrogen-bond donors (Lipinski definition) is 1. The quantitative estimate of drug-likeness (QED) is 0.828. The first-order valence-corrected chi connectivity index (χ1v) is 9.47. The molecule has 2 heterocycles. The maximum Gasteiger partial charge on any atom is 0.426 e. The molecule has 2 atom stereocenters. The van der Waals surface area contributed by atoms with Crippen LogP contribution in [0.2, 0.25) is 0 Å². The van der Waals surface area contributed by atoms with Gasteiger partial charge in [-0.15, -0.1) is 0 Å². The molecule has 2 unspecified atom stereocenters. The van der Waals surface area contributed by atoms with Crippen LogP contribution in [0.1, 0.15) is 25.5 Å². The van der Waals surface area contributed by atoms with E-state index >= 15 is 0 Å². The van der Waals surface area contributed by atoms with Crippen molar-refractivity contribution in [3.05, 3.63) is 54.1 Å². The number of rotatable bonds is 3. The summed E-state index contributed by atoms with van der Waals surface area (Å²) >= 11 is 0. The number of para-hydroxylation sites is 1. The van der Waals surface area contributed by atoms with Crippen LogP contribution in [0.25, 0.3) is 0 Å². The fourth-order valence-electron chi connectivity index (χ4n) is 3.24. The Labute approximate surface area is 150 Å². The van der Waals surface area contributed by atoms with Crippen LogP contribution in [0, 0.1) is 0 Å². The van der Waals surface area contributed by atoms with Gasteiger partial charge in [-0.25, -0.2) is 13.2 Å². The number of fused-ring (bicyclic) bond motifs is 3. The predicted molar refractivity (Wildman–Crippen MR) is 92.9 cm³/mol. The number of carbonyl (C=O) groups is 1. The van der Waals surface area contributed by atoms with E-state index in [1.165, 1.54) is 24.3 Å². The zero-order valence-electron chi connectivity index (χ0n) is 14.1. The van der Waals surface area contributed by atoms with E-state index in [0.717, 1.165) is 0 Å². The summed E-state index contributed by atoms with van der Waals surface area (Å²) in [5, 5.41) is 9.49. The third kappa shape index (κ3) is 2.53. The van der Waals surface area contributed by atoms with Gasteiger partial charge in [0.25, 0.3) is 10.0 Å². The number of sulfonamides is 1. The van der Waals surface area contributed by atoms with Gasteiger partial charge < -0.3 is 14.6 Å². The SMILES string of the molecule is CC1(C)Oc2ccc(S(=O)(=O)N(C(=O)O)c3ccccc3)cc2C2OC21.